The van der Waals surface area contributed by atoms with Crippen LogP contribution in [0.25, 0.3) is 9.47 Å². The average Bonchev–Trinajstić information content (AvgIpc) is 2.65. The Morgan fingerprint density at radius 3 is 2.38 bits per heavy atom. The summed E-state index contributed by atoms with van der Waals surface area (Å²) in [5.74, 6) is 0.812. The molecule has 0 saturated carbocycles. The molecule has 2 aromatic carbocycles. The summed E-state index contributed by atoms with van der Waals surface area (Å²) in [5, 5.41) is 2.38. The third-order valence-electron chi connectivity index (χ3n) is 4.59. The van der Waals surface area contributed by atoms with Gasteiger partial charge in [0.05, 0.1) is 0 Å². The van der Waals surface area contributed by atoms with Gasteiger partial charge in [0.1, 0.15) is 0 Å². The van der Waals surface area contributed by atoms with Gasteiger partial charge in [-0.2, -0.15) is 0 Å². The summed E-state index contributed by atoms with van der Waals surface area (Å²) in [6, 6.07) is 17.4. The fourth-order valence-electron chi connectivity index (χ4n) is 3.01. The van der Waals surface area contributed by atoms with Gasteiger partial charge in [-0.15, -0.1) is 0 Å². The summed E-state index contributed by atoms with van der Waals surface area (Å²) in [7, 11) is 0. The van der Waals surface area contributed by atoms with Gasteiger partial charge in [-0.25, -0.2) is 0 Å². The van der Waals surface area contributed by atoms with Crippen molar-refractivity contribution in [2.75, 3.05) is 0 Å². The Morgan fingerprint density at radius 2 is 1.75 bits per heavy atom. The van der Waals surface area contributed by atoms with E-state index in [9.17, 15) is 0 Å². The highest BCUT2D eigenvalue weighted by Crippen LogP contribution is 2.22. The average molecular weight is 450 g/mol. The largest absolute Gasteiger partial charge is 0.0654 e. The maximum Gasteiger partial charge on any atom is 0.0326 e. The zero-order valence-electron chi connectivity index (χ0n) is 14.6. The van der Waals surface area contributed by atoms with E-state index in [1.165, 1.54) is 53.7 Å². The van der Waals surface area contributed by atoms with Gasteiger partial charge < -0.3 is 0 Å². The van der Waals surface area contributed by atoms with Crippen LogP contribution in [0, 0.1) is 5.92 Å². The SMILES string of the molecule is CCCCC(CC)Cc1ccc(/C(Br)=c2/cccc/c2=C\Br)cc1. The van der Waals surface area contributed by atoms with Crippen LogP contribution in [0.1, 0.15) is 50.7 Å². The van der Waals surface area contributed by atoms with Gasteiger partial charge in [0.25, 0.3) is 0 Å². The number of hydrogen-bond acceptors (Lipinski definition) is 0. The van der Waals surface area contributed by atoms with E-state index in [4.69, 9.17) is 0 Å². The fourth-order valence-corrected chi connectivity index (χ4v) is 4.04. The first-order valence-electron chi connectivity index (χ1n) is 8.84. The van der Waals surface area contributed by atoms with Gasteiger partial charge in [-0.3, -0.25) is 0 Å². The minimum atomic E-state index is 0.812. The van der Waals surface area contributed by atoms with Crippen LogP contribution in [0.3, 0.4) is 0 Å². The molecule has 24 heavy (non-hydrogen) atoms. The predicted octanol–water partition coefficient (Wildman–Crippen LogP) is 6.13. The molecule has 2 heteroatoms. The first-order chi connectivity index (χ1) is 11.7. The summed E-state index contributed by atoms with van der Waals surface area (Å²) in [6.45, 7) is 4.59. The minimum absolute atomic E-state index is 0.812. The van der Waals surface area contributed by atoms with Crippen LogP contribution >= 0.6 is 31.9 Å². The minimum Gasteiger partial charge on any atom is -0.0654 e. The molecule has 128 valence electrons. The van der Waals surface area contributed by atoms with E-state index in [-0.39, 0.29) is 0 Å². The van der Waals surface area contributed by atoms with E-state index in [2.05, 4.69) is 94.2 Å². The van der Waals surface area contributed by atoms with Crippen molar-refractivity contribution in [3.05, 3.63) is 70.1 Å². The summed E-state index contributed by atoms with van der Waals surface area (Å²) < 4.78 is 1.14. The molecule has 2 aromatic rings. The molecular weight excluding hydrogens is 424 g/mol. The molecule has 0 spiro atoms. The van der Waals surface area contributed by atoms with E-state index in [0.29, 0.717) is 0 Å². The van der Waals surface area contributed by atoms with Crippen LogP contribution in [0.5, 0.6) is 0 Å². The van der Waals surface area contributed by atoms with Crippen molar-refractivity contribution in [2.24, 2.45) is 5.92 Å². The lowest BCUT2D eigenvalue weighted by Gasteiger charge is -2.14. The summed E-state index contributed by atoms with van der Waals surface area (Å²) >= 11 is 7.24. The van der Waals surface area contributed by atoms with Crippen molar-refractivity contribution in [1.29, 1.82) is 0 Å². The third kappa shape index (κ3) is 5.32. The Bertz CT molecular complexity index is 744. The highest BCUT2D eigenvalue weighted by molar-refractivity contribution is 9.15. The van der Waals surface area contributed by atoms with Crippen molar-refractivity contribution >= 4 is 41.3 Å². The van der Waals surface area contributed by atoms with Crippen LogP contribution < -0.4 is 10.4 Å². The van der Waals surface area contributed by atoms with Gasteiger partial charge in [0.15, 0.2) is 0 Å². The van der Waals surface area contributed by atoms with Crippen LogP contribution in [-0.2, 0) is 6.42 Å². The van der Waals surface area contributed by atoms with E-state index in [0.717, 1.165) is 10.4 Å². The van der Waals surface area contributed by atoms with Crippen molar-refractivity contribution < 1.29 is 0 Å². The molecule has 0 bridgehead atoms. The molecule has 1 unspecified atom stereocenters. The Kier molecular flexibility index (Phi) is 8.28. The number of benzene rings is 2. The Labute approximate surface area is 162 Å². The molecule has 1 atom stereocenters. The summed E-state index contributed by atoms with van der Waals surface area (Å²) in [4.78, 5) is 1.97. The van der Waals surface area contributed by atoms with E-state index in [1.54, 1.807) is 0 Å². The molecule has 0 amide bonds. The smallest absolute Gasteiger partial charge is 0.0326 e. The Balaban J connectivity index is 2.23. The van der Waals surface area contributed by atoms with Crippen LogP contribution in [0.15, 0.2) is 48.5 Å². The lowest BCUT2D eigenvalue weighted by molar-refractivity contribution is 0.449. The van der Waals surface area contributed by atoms with Gasteiger partial charge >= 0.3 is 0 Å². The molecule has 0 fully saturated rings. The van der Waals surface area contributed by atoms with Crippen molar-refractivity contribution in [2.45, 2.75) is 46.0 Å². The van der Waals surface area contributed by atoms with Crippen molar-refractivity contribution in [3.63, 3.8) is 0 Å². The van der Waals surface area contributed by atoms with Crippen molar-refractivity contribution in [3.8, 4) is 0 Å². The molecule has 2 rings (SSSR count). The molecule has 0 heterocycles. The predicted molar refractivity (Wildman–Crippen MR) is 114 cm³/mol. The third-order valence-corrected chi connectivity index (χ3v) is 5.97. The van der Waals surface area contributed by atoms with Gasteiger partial charge in [0, 0.05) is 4.48 Å². The number of unbranched alkanes of at least 4 members (excludes halogenated alkanes) is 1. The van der Waals surface area contributed by atoms with Crippen LogP contribution in [0.2, 0.25) is 0 Å². The highest BCUT2D eigenvalue weighted by Gasteiger charge is 2.07. The van der Waals surface area contributed by atoms with Gasteiger partial charge in [0.2, 0.25) is 0 Å². The lowest BCUT2D eigenvalue weighted by Crippen LogP contribution is -2.24. The number of rotatable bonds is 7. The Morgan fingerprint density at radius 1 is 1.04 bits per heavy atom. The molecule has 0 aromatic heterocycles. The lowest BCUT2D eigenvalue weighted by atomic mass is 9.91. The first-order valence-corrected chi connectivity index (χ1v) is 10.5. The molecule has 0 nitrogen and oxygen atoms in total. The second-order valence-electron chi connectivity index (χ2n) is 6.33. The van der Waals surface area contributed by atoms with Gasteiger partial charge in [-0.1, -0.05) is 104 Å². The molecule has 0 aliphatic heterocycles. The molecule has 0 radical (unpaired) electrons. The molecular formula is C22H26Br2. The second-order valence-corrected chi connectivity index (χ2v) is 7.58. The standard InChI is InChI=1S/C22H26Br2/c1-3-5-8-17(4-2)15-18-11-13-19(14-12-18)22(24)21-10-7-6-9-20(21)16-23/h6-7,9-14,16-17H,3-5,8,15H2,1-2H3/b20-16+,22-21+. The number of halogens is 2. The summed E-state index contributed by atoms with van der Waals surface area (Å²) in [5.41, 5.74) is 2.67. The summed E-state index contributed by atoms with van der Waals surface area (Å²) in [6.07, 6.45) is 6.45. The molecule has 0 aliphatic carbocycles. The highest BCUT2D eigenvalue weighted by atomic mass is 79.9. The maximum atomic E-state index is 3.78. The van der Waals surface area contributed by atoms with Crippen molar-refractivity contribution in [1.82, 2.24) is 0 Å². The second kappa shape index (κ2) is 10.2. The Hall–Kier alpha value is -0.860. The fraction of sp³-hybridized carbons (Fsp3) is 0.364. The van der Waals surface area contributed by atoms with Gasteiger partial charge in [-0.05, 0) is 54.8 Å². The normalized spacial score (nSPS) is 14.6. The van der Waals surface area contributed by atoms with Crippen LogP contribution in [0.4, 0.5) is 0 Å². The van der Waals surface area contributed by atoms with E-state index >= 15 is 0 Å². The maximum absolute atomic E-state index is 3.78. The first kappa shape index (κ1) is 19.5. The van der Waals surface area contributed by atoms with E-state index in [1.807, 2.05) is 4.99 Å². The monoisotopic (exact) mass is 448 g/mol. The molecule has 0 saturated heterocycles. The zero-order chi connectivity index (χ0) is 17.4. The van der Waals surface area contributed by atoms with Crippen LogP contribution in [-0.4, -0.2) is 0 Å². The topological polar surface area (TPSA) is 0 Å². The quantitative estimate of drug-likeness (QED) is 0.476. The molecule has 0 aliphatic rings. The zero-order valence-corrected chi connectivity index (χ0v) is 17.7. The van der Waals surface area contributed by atoms with E-state index < -0.39 is 0 Å². The number of hydrogen-bond donors (Lipinski definition) is 0. The molecule has 0 N–H and O–H groups in total.